The van der Waals surface area contributed by atoms with Crippen molar-refractivity contribution in [3.63, 3.8) is 0 Å². The molecule has 0 radical (unpaired) electrons. The van der Waals surface area contributed by atoms with Gasteiger partial charge < -0.3 is 14.8 Å². The Labute approximate surface area is 103 Å². The van der Waals surface area contributed by atoms with E-state index in [9.17, 15) is 0 Å². The van der Waals surface area contributed by atoms with Crippen LogP contribution >= 0.6 is 11.8 Å². The van der Waals surface area contributed by atoms with E-state index in [1.807, 2.05) is 4.57 Å². The minimum atomic E-state index is 0.397. The first-order valence-corrected chi connectivity index (χ1v) is 6.34. The van der Waals surface area contributed by atoms with Gasteiger partial charge in [-0.2, -0.15) is 4.98 Å². The molecule has 0 saturated heterocycles. The molecule has 8 heteroatoms. The molecule has 2 rings (SSSR count). The molecule has 0 aliphatic carbocycles. The zero-order valence-electron chi connectivity index (χ0n) is 9.54. The average Bonchev–Trinajstić information content (AvgIpc) is 2.96. The second kappa shape index (κ2) is 5.78. The van der Waals surface area contributed by atoms with E-state index in [4.69, 9.17) is 10.3 Å². The minimum absolute atomic E-state index is 0.397. The molecular formula is C9H14N6OS. The summed E-state index contributed by atoms with van der Waals surface area (Å²) in [6, 6.07) is 0. The molecule has 7 nitrogen and oxygen atoms in total. The van der Waals surface area contributed by atoms with Crippen molar-refractivity contribution in [2.24, 2.45) is 5.73 Å². The lowest BCUT2D eigenvalue weighted by Gasteiger charge is -2.06. The largest absolute Gasteiger partial charge is 0.339 e. The van der Waals surface area contributed by atoms with Gasteiger partial charge in [-0.3, -0.25) is 0 Å². The molecular weight excluding hydrogens is 240 g/mol. The molecule has 0 amide bonds. The highest BCUT2D eigenvalue weighted by atomic mass is 32.2. The SMILES string of the molecule is CCCn1c(CN)nnc1SCc1ncno1. The Bertz CT molecular complexity index is 454. The molecule has 92 valence electrons. The van der Waals surface area contributed by atoms with Crippen LogP contribution in [0.3, 0.4) is 0 Å². The highest BCUT2D eigenvalue weighted by Gasteiger charge is 2.11. The molecule has 0 aromatic carbocycles. The maximum Gasteiger partial charge on any atom is 0.236 e. The molecule has 0 atom stereocenters. The van der Waals surface area contributed by atoms with Gasteiger partial charge in [-0.15, -0.1) is 10.2 Å². The molecule has 17 heavy (non-hydrogen) atoms. The van der Waals surface area contributed by atoms with E-state index in [1.165, 1.54) is 18.1 Å². The second-order valence-corrected chi connectivity index (χ2v) is 4.32. The van der Waals surface area contributed by atoms with Gasteiger partial charge in [0, 0.05) is 6.54 Å². The number of aromatic nitrogens is 5. The normalized spacial score (nSPS) is 10.9. The van der Waals surface area contributed by atoms with Crippen LogP contribution in [0, 0.1) is 0 Å². The van der Waals surface area contributed by atoms with E-state index in [-0.39, 0.29) is 0 Å². The van der Waals surface area contributed by atoms with Crippen LogP contribution < -0.4 is 5.73 Å². The number of rotatable bonds is 6. The standard InChI is InChI=1S/C9H14N6OS/c1-2-3-15-7(4-10)13-14-9(15)17-5-8-11-6-12-16-8/h6H,2-5,10H2,1H3. The molecule has 0 saturated carbocycles. The summed E-state index contributed by atoms with van der Waals surface area (Å²) in [4.78, 5) is 3.95. The van der Waals surface area contributed by atoms with Crippen molar-refractivity contribution in [2.75, 3.05) is 0 Å². The van der Waals surface area contributed by atoms with Gasteiger partial charge in [0.1, 0.15) is 5.82 Å². The number of hydrogen-bond donors (Lipinski definition) is 1. The van der Waals surface area contributed by atoms with Crippen LogP contribution in [0.2, 0.25) is 0 Å². The third-order valence-corrected chi connectivity index (χ3v) is 3.11. The average molecular weight is 254 g/mol. The molecule has 0 bridgehead atoms. The topological polar surface area (TPSA) is 95.7 Å². The molecule has 2 aromatic heterocycles. The van der Waals surface area contributed by atoms with Crippen molar-refractivity contribution in [3.05, 3.63) is 18.0 Å². The monoisotopic (exact) mass is 254 g/mol. The van der Waals surface area contributed by atoms with Gasteiger partial charge in [-0.25, -0.2) is 0 Å². The van der Waals surface area contributed by atoms with Crippen LogP contribution in [-0.2, 0) is 18.8 Å². The second-order valence-electron chi connectivity index (χ2n) is 3.38. The summed E-state index contributed by atoms with van der Waals surface area (Å²) in [6.45, 7) is 3.37. The summed E-state index contributed by atoms with van der Waals surface area (Å²) in [6.07, 6.45) is 2.40. The van der Waals surface area contributed by atoms with Crippen molar-refractivity contribution in [1.29, 1.82) is 0 Å². The van der Waals surface area contributed by atoms with Gasteiger partial charge in [-0.1, -0.05) is 23.8 Å². The van der Waals surface area contributed by atoms with Crippen LogP contribution in [-0.4, -0.2) is 24.9 Å². The van der Waals surface area contributed by atoms with E-state index in [2.05, 4.69) is 27.3 Å². The number of hydrogen-bond acceptors (Lipinski definition) is 7. The van der Waals surface area contributed by atoms with Crippen molar-refractivity contribution in [1.82, 2.24) is 24.9 Å². The molecule has 2 aromatic rings. The molecule has 0 aliphatic heterocycles. The van der Waals surface area contributed by atoms with E-state index >= 15 is 0 Å². The van der Waals surface area contributed by atoms with Crippen LogP contribution in [0.15, 0.2) is 16.0 Å². The molecule has 0 spiro atoms. The lowest BCUT2D eigenvalue weighted by Crippen LogP contribution is -2.09. The predicted molar refractivity (Wildman–Crippen MR) is 62.1 cm³/mol. The predicted octanol–water partition coefficient (Wildman–Crippen LogP) is 0.822. The minimum Gasteiger partial charge on any atom is -0.339 e. The van der Waals surface area contributed by atoms with Crippen molar-refractivity contribution >= 4 is 11.8 Å². The van der Waals surface area contributed by atoms with Crippen LogP contribution in [0.4, 0.5) is 0 Å². The highest BCUT2D eigenvalue weighted by Crippen LogP contribution is 2.21. The van der Waals surface area contributed by atoms with Crippen molar-refractivity contribution in [2.45, 2.75) is 37.3 Å². The van der Waals surface area contributed by atoms with Gasteiger partial charge in [0.05, 0.1) is 12.3 Å². The number of nitrogens with two attached hydrogens (primary N) is 1. The maximum atomic E-state index is 5.61. The fraction of sp³-hybridized carbons (Fsp3) is 0.556. The smallest absolute Gasteiger partial charge is 0.236 e. The number of nitrogens with zero attached hydrogens (tertiary/aromatic N) is 5. The van der Waals surface area contributed by atoms with Gasteiger partial charge >= 0.3 is 0 Å². The van der Waals surface area contributed by atoms with Crippen molar-refractivity contribution in [3.8, 4) is 0 Å². The summed E-state index contributed by atoms with van der Waals surface area (Å²) < 4.78 is 6.95. The van der Waals surface area contributed by atoms with Gasteiger partial charge in [0.15, 0.2) is 11.5 Å². The maximum absolute atomic E-state index is 5.61. The molecule has 0 fully saturated rings. The zero-order valence-corrected chi connectivity index (χ0v) is 10.4. The fourth-order valence-corrected chi connectivity index (χ4v) is 2.24. The van der Waals surface area contributed by atoms with Crippen LogP contribution in [0.5, 0.6) is 0 Å². The van der Waals surface area contributed by atoms with Crippen molar-refractivity contribution < 1.29 is 4.52 Å². The van der Waals surface area contributed by atoms with E-state index in [0.29, 0.717) is 18.2 Å². The summed E-state index contributed by atoms with van der Waals surface area (Å²) in [5.41, 5.74) is 5.61. The molecule has 0 unspecified atom stereocenters. The van der Waals surface area contributed by atoms with E-state index in [0.717, 1.165) is 23.9 Å². The zero-order chi connectivity index (χ0) is 12.1. The lowest BCUT2D eigenvalue weighted by atomic mass is 10.4. The summed E-state index contributed by atoms with van der Waals surface area (Å²) >= 11 is 1.52. The van der Waals surface area contributed by atoms with Crippen LogP contribution in [0.25, 0.3) is 0 Å². The Morgan fingerprint density at radius 2 is 2.35 bits per heavy atom. The quantitative estimate of drug-likeness (QED) is 0.762. The molecule has 0 aliphatic rings. The third-order valence-electron chi connectivity index (χ3n) is 2.15. The highest BCUT2D eigenvalue weighted by molar-refractivity contribution is 7.98. The molecule has 2 N–H and O–H groups in total. The van der Waals surface area contributed by atoms with E-state index < -0.39 is 0 Å². The Hall–Kier alpha value is -1.41. The third kappa shape index (κ3) is 2.83. The Morgan fingerprint density at radius 3 is 3.00 bits per heavy atom. The first kappa shape index (κ1) is 12.1. The van der Waals surface area contributed by atoms with Crippen LogP contribution in [0.1, 0.15) is 25.1 Å². The van der Waals surface area contributed by atoms with Gasteiger partial charge in [0.25, 0.3) is 0 Å². The van der Waals surface area contributed by atoms with Gasteiger partial charge in [-0.05, 0) is 6.42 Å². The number of thioether (sulfide) groups is 1. The Kier molecular flexibility index (Phi) is 4.10. The van der Waals surface area contributed by atoms with E-state index in [1.54, 1.807) is 0 Å². The summed E-state index contributed by atoms with van der Waals surface area (Å²) in [5, 5.41) is 12.6. The lowest BCUT2D eigenvalue weighted by molar-refractivity contribution is 0.390. The Morgan fingerprint density at radius 1 is 1.47 bits per heavy atom. The summed E-state index contributed by atoms with van der Waals surface area (Å²) in [5.74, 6) is 1.97. The first-order chi connectivity index (χ1) is 8.35. The Balaban J connectivity index is 2.06. The van der Waals surface area contributed by atoms with Gasteiger partial charge in [0.2, 0.25) is 5.89 Å². The summed E-state index contributed by atoms with van der Waals surface area (Å²) in [7, 11) is 0. The fourth-order valence-electron chi connectivity index (χ4n) is 1.41. The first-order valence-electron chi connectivity index (χ1n) is 5.35. The molecule has 2 heterocycles.